The van der Waals surface area contributed by atoms with Crippen LogP contribution in [0.3, 0.4) is 0 Å². The Hall–Kier alpha value is -3.15. The fourth-order valence-electron chi connectivity index (χ4n) is 5.12. The van der Waals surface area contributed by atoms with E-state index in [1.165, 1.54) is 56.0 Å². The topological polar surface area (TPSA) is 48.4 Å². The maximum atomic E-state index is 14.2. The molecule has 0 amide bonds. The minimum atomic E-state index is -0.731. The standard InChI is InChI=1S/C30H29ClFN3O/c31-26-15-22(16-27(32)30(26)36)21-7-10-28-25(14-21)29(23(17-33-28)13-19-3-4-19)34-24-8-5-20(6-9-24)18-35-11-1-2-12-35/h5-10,14-17,19,36H,1-4,11-13,18H2,(H,33,34). The van der Waals surface area contributed by atoms with Crippen LogP contribution in [0.5, 0.6) is 5.75 Å². The van der Waals surface area contributed by atoms with Crippen molar-refractivity contribution >= 4 is 33.9 Å². The number of rotatable bonds is 7. The fraction of sp³-hybridized carbons (Fsp3) is 0.300. The number of fused-ring (bicyclic) bond motifs is 1. The van der Waals surface area contributed by atoms with Crippen LogP contribution < -0.4 is 5.32 Å². The summed E-state index contributed by atoms with van der Waals surface area (Å²) < 4.78 is 14.2. The number of nitrogens with zero attached hydrogens (tertiary/aromatic N) is 2. The number of hydrogen-bond donors (Lipinski definition) is 2. The van der Waals surface area contributed by atoms with Gasteiger partial charge in [-0.3, -0.25) is 9.88 Å². The van der Waals surface area contributed by atoms with Gasteiger partial charge < -0.3 is 10.4 Å². The zero-order chi connectivity index (χ0) is 24.6. The zero-order valence-corrected chi connectivity index (χ0v) is 20.9. The van der Waals surface area contributed by atoms with Crippen molar-refractivity contribution in [3.63, 3.8) is 0 Å². The molecular formula is C30H29ClFN3O. The summed E-state index contributed by atoms with van der Waals surface area (Å²) in [5, 5.41) is 14.4. The first-order valence-corrected chi connectivity index (χ1v) is 13.1. The Kier molecular flexibility index (Phi) is 6.28. The summed E-state index contributed by atoms with van der Waals surface area (Å²) in [5.74, 6) is -0.545. The zero-order valence-electron chi connectivity index (χ0n) is 20.1. The number of anilines is 2. The molecule has 1 aliphatic heterocycles. The number of benzene rings is 3. The van der Waals surface area contributed by atoms with E-state index >= 15 is 0 Å². The predicted octanol–water partition coefficient (Wildman–Crippen LogP) is 7.69. The summed E-state index contributed by atoms with van der Waals surface area (Å²) in [6.45, 7) is 3.37. The lowest BCUT2D eigenvalue weighted by atomic mass is 9.99. The summed E-state index contributed by atoms with van der Waals surface area (Å²) in [6, 6.07) is 17.5. The van der Waals surface area contributed by atoms with Gasteiger partial charge in [0.15, 0.2) is 11.6 Å². The number of hydrogen-bond acceptors (Lipinski definition) is 4. The molecular weight excluding hydrogens is 473 g/mol. The highest BCUT2D eigenvalue weighted by Gasteiger charge is 2.24. The first-order chi connectivity index (χ1) is 17.5. The third-order valence-corrected chi connectivity index (χ3v) is 7.62. The van der Waals surface area contributed by atoms with Crippen LogP contribution in [0.15, 0.2) is 60.8 Å². The molecule has 6 heteroatoms. The number of aromatic hydroxyl groups is 1. The highest BCUT2D eigenvalue weighted by Crippen LogP contribution is 2.39. The molecule has 2 N–H and O–H groups in total. The van der Waals surface area contributed by atoms with E-state index in [2.05, 4.69) is 34.5 Å². The van der Waals surface area contributed by atoms with Crippen molar-refractivity contribution in [1.29, 1.82) is 0 Å². The summed E-state index contributed by atoms with van der Waals surface area (Å²) in [7, 11) is 0. The largest absolute Gasteiger partial charge is 0.504 e. The van der Waals surface area contributed by atoms with E-state index in [9.17, 15) is 9.50 Å². The van der Waals surface area contributed by atoms with Crippen molar-refractivity contribution in [2.24, 2.45) is 5.92 Å². The van der Waals surface area contributed by atoms with Crippen LogP contribution in [0.4, 0.5) is 15.8 Å². The lowest BCUT2D eigenvalue weighted by Gasteiger charge is -2.17. The average Bonchev–Trinajstić information content (AvgIpc) is 3.56. The van der Waals surface area contributed by atoms with Crippen LogP contribution in [0, 0.1) is 11.7 Å². The number of likely N-dealkylation sites (tertiary alicyclic amines) is 1. The van der Waals surface area contributed by atoms with Gasteiger partial charge in [0, 0.05) is 23.8 Å². The number of aromatic nitrogens is 1. The molecule has 0 unspecified atom stereocenters. The van der Waals surface area contributed by atoms with Crippen molar-refractivity contribution in [3.05, 3.63) is 82.8 Å². The van der Waals surface area contributed by atoms with Crippen LogP contribution >= 0.6 is 11.6 Å². The summed E-state index contributed by atoms with van der Waals surface area (Å²) in [6.07, 6.45) is 8.08. The molecule has 184 valence electrons. The van der Waals surface area contributed by atoms with Crippen LogP contribution in [-0.2, 0) is 13.0 Å². The summed E-state index contributed by atoms with van der Waals surface area (Å²) in [4.78, 5) is 7.24. The second kappa shape index (κ2) is 9.72. The van der Waals surface area contributed by atoms with Gasteiger partial charge in [0.25, 0.3) is 0 Å². The Balaban J connectivity index is 1.37. The smallest absolute Gasteiger partial charge is 0.170 e. The maximum absolute atomic E-state index is 14.2. The van der Waals surface area contributed by atoms with Gasteiger partial charge in [0.1, 0.15) is 0 Å². The van der Waals surface area contributed by atoms with E-state index in [4.69, 9.17) is 16.6 Å². The van der Waals surface area contributed by atoms with E-state index in [-0.39, 0.29) is 5.02 Å². The van der Waals surface area contributed by atoms with Gasteiger partial charge >= 0.3 is 0 Å². The van der Waals surface area contributed by atoms with Crippen LogP contribution in [0.2, 0.25) is 5.02 Å². The van der Waals surface area contributed by atoms with Gasteiger partial charge in [-0.15, -0.1) is 0 Å². The SMILES string of the molecule is Oc1c(F)cc(-c2ccc3ncc(CC4CC4)c(Nc4ccc(CN5CCCC5)cc4)c3c2)cc1Cl. The van der Waals surface area contributed by atoms with Gasteiger partial charge in [-0.1, -0.05) is 29.8 Å². The maximum Gasteiger partial charge on any atom is 0.170 e. The van der Waals surface area contributed by atoms with Crippen molar-refractivity contribution in [1.82, 2.24) is 9.88 Å². The minimum Gasteiger partial charge on any atom is -0.504 e. The quantitative estimate of drug-likeness (QED) is 0.272. The summed E-state index contributed by atoms with van der Waals surface area (Å²) in [5.41, 5.74) is 6.91. The Morgan fingerprint density at radius 1 is 1.00 bits per heavy atom. The Morgan fingerprint density at radius 3 is 2.50 bits per heavy atom. The molecule has 0 spiro atoms. The molecule has 1 saturated heterocycles. The molecule has 4 nitrogen and oxygen atoms in total. The van der Waals surface area contributed by atoms with E-state index in [0.29, 0.717) is 11.5 Å². The van der Waals surface area contributed by atoms with Crippen LogP contribution in [0.25, 0.3) is 22.0 Å². The first-order valence-electron chi connectivity index (χ1n) is 12.7. The summed E-state index contributed by atoms with van der Waals surface area (Å²) >= 11 is 6.06. The van der Waals surface area contributed by atoms with Gasteiger partial charge in [-0.25, -0.2) is 4.39 Å². The molecule has 36 heavy (non-hydrogen) atoms. The molecule has 0 radical (unpaired) electrons. The van der Waals surface area contributed by atoms with E-state index in [0.717, 1.165) is 40.8 Å². The van der Waals surface area contributed by atoms with E-state index in [1.807, 2.05) is 24.4 Å². The lowest BCUT2D eigenvalue weighted by Crippen LogP contribution is -2.18. The highest BCUT2D eigenvalue weighted by atomic mass is 35.5. The second-order valence-electron chi connectivity index (χ2n) is 10.1. The van der Waals surface area contributed by atoms with Crippen molar-refractivity contribution in [2.75, 3.05) is 18.4 Å². The Labute approximate surface area is 215 Å². The van der Waals surface area contributed by atoms with Crippen molar-refractivity contribution < 1.29 is 9.50 Å². The normalized spacial score (nSPS) is 16.1. The van der Waals surface area contributed by atoms with Gasteiger partial charge in [-0.05, 0) is 110 Å². The van der Waals surface area contributed by atoms with Gasteiger partial charge in [-0.2, -0.15) is 0 Å². The number of nitrogens with one attached hydrogen (secondary N) is 1. The highest BCUT2D eigenvalue weighted by molar-refractivity contribution is 6.32. The van der Waals surface area contributed by atoms with Gasteiger partial charge in [0.2, 0.25) is 0 Å². The Morgan fingerprint density at radius 2 is 1.78 bits per heavy atom. The third kappa shape index (κ3) is 4.91. The minimum absolute atomic E-state index is 0.00178. The van der Waals surface area contributed by atoms with Gasteiger partial charge in [0.05, 0.1) is 16.2 Å². The molecule has 2 heterocycles. The van der Waals surface area contributed by atoms with Crippen molar-refractivity contribution in [2.45, 2.75) is 38.6 Å². The average molecular weight is 502 g/mol. The third-order valence-electron chi connectivity index (χ3n) is 7.33. The molecule has 0 bridgehead atoms. The molecule has 4 aromatic rings. The molecule has 1 aromatic heterocycles. The molecule has 0 atom stereocenters. The molecule has 2 aliphatic rings. The number of pyridine rings is 1. The second-order valence-corrected chi connectivity index (χ2v) is 10.5. The van der Waals surface area contributed by atoms with Crippen molar-refractivity contribution in [3.8, 4) is 16.9 Å². The van der Waals surface area contributed by atoms with E-state index in [1.54, 1.807) is 6.07 Å². The predicted molar refractivity (Wildman–Crippen MR) is 144 cm³/mol. The molecule has 6 rings (SSSR count). The molecule has 2 fully saturated rings. The fourth-order valence-corrected chi connectivity index (χ4v) is 5.33. The monoisotopic (exact) mass is 501 g/mol. The Bertz CT molecular complexity index is 1390. The lowest BCUT2D eigenvalue weighted by molar-refractivity contribution is 0.331. The van der Waals surface area contributed by atoms with Crippen LogP contribution in [-0.4, -0.2) is 28.1 Å². The number of halogens is 2. The number of phenols is 1. The van der Waals surface area contributed by atoms with E-state index < -0.39 is 11.6 Å². The molecule has 3 aromatic carbocycles. The molecule has 1 saturated carbocycles. The number of phenolic OH excluding ortho intramolecular Hbond substituents is 1. The molecule has 1 aliphatic carbocycles. The van der Waals surface area contributed by atoms with Crippen LogP contribution in [0.1, 0.15) is 36.8 Å². The first kappa shape index (κ1) is 23.3.